The fourth-order valence-corrected chi connectivity index (χ4v) is 2.97. The Labute approximate surface area is 118 Å². The molecule has 0 fully saturated rings. The second-order valence-electron chi connectivity index (χ2n) is 4.93. The van der Waals surface area contributed by atoms with E-state index in [9.17, 15) is 0 Å². The Morgan fingerprint density at radius 1 is 1.26 bits per heavy atom. The molecule has 0 aliphatic heterocycles. The van der Waals surface area contributed by atoms with Crippen molar-refractivity contribution in [1.29, 1.82) is 0 Å². The molecule has 0 bridgehead atoms. The monoisotopic (exact) mass is 278 g/mol. The summed E-state index contributed by atoms with van der Waals surface area (Å²) in [7, 11) is 0. The number of hydrogen-bond donors (Lipinski definition) is 1. The minimum absolute atomic E-state index is 0.871. The molecule has 0 atom stereocenters. The van der Waals surface area contributed by atoms with Gasteiger partial charge in [-0.3, -0.25) is 4.68 Å². The Hall–Kier alpha value is -1.20. The molecule has 1 N–H and O–H groups in total. The van der Waals surface area contributed by atoms with Crippen LogP contribution in [-0.2, 0) is 13.1 Å². The lowest BCUT2D eigenvalue weighted by atomic mass is 10.4. The van der Waals surface area contributed by atoms with Gasteiger partial charge in [-0.25, -0.2) is 4.98 Å². The third kappa shape index (κ3) is 3.88. The molecule has 0 radical (unpaired) electrons. The molecule has 0 unspecified atom stereocenters. The van der Waals surface area contributed by atoms with Crippen molar-refractivity contribution in [1.82, 2.24) is 20.1 Å². The summed E-state index contributed by atoms with van der Waals surface area (Å²) in [6.07, 6.45) is 1.09. The first-order valence-electron chi connectivity index (χ1n) is 6.71. The molecule has 5 heteroatoms. The third-order valence-corrected chi connectivity index (χ3v) is 4.25. The smallest absolute Gasteiger partial charge is 0.107 e. The number of nitrogens with one attached hydrogen (secondary N) is 1. The van der Waals surface area contributed by atoms with E-state index in [1.54, 1.807) is 11.3 Å². The number of hydrogen-bond acceptors (Lipinski definition) is 4. The molecule has 19 heavy (non-hydrogen) atoms. The summed E-state index contributed by atoms with van der Waals surface area (Å²) in [6, 6.07) is 2.12. The van der Waals surface area contributed by atoms with Crippen molar-refractivity contribution >= 4 is 11.3 Å². The van der Waals surface area contributed by atoms with Gasteiger partial charge in [0, 0.05) is 23.7 Å². The first-order valence-corrected chi connectivity index (χ1v) is 7.52. The summed E-state index contributed by atoms with van der Waals surface area (Å²) in [6.45, 7) is 11.2. The normalized spacial score (nSPS) is 11.2. The van der Waals surface area contributed by atoms with Crippen LogP contribution in [0.1, 0.15) is 33.4 Å². The van der Waals surface area contributed by atoms with Crippen LogP contribution in [0.2, 0.25) is 0 Å². The summed E-state index contributed by atoms with van der Waals surface area (Å²) in [5.74, 6) is 0. The van der Waals surface area contributed by atoms with Crippen LogP contribution in [-0.4, -0.2) is 21.3 Å². The van der Waals surface area contributed by atoms with Gasteiger partial charge in [-0.1, -0.05) is 0 Å². The van der Waals surface area contributed by atoms with Crippen LogP contribution in [0, 0.1) is 27.7 Å². The maximum atomic E-state index is 4.52. The van der Waals surface area contributed by atoms with Gasteiger partial charge in [0.1, 0.15) is 5.01 Å². The van der Waals surface area contributed by atoms with Crippen LogP contribution < -0.4 is 5.32 Å². The van der Waals surface area contributed by atoms with E-state index in [4.69, 9.17) is 0 Å². The number of thiazole rings is 1. The van der Waals surface area contributed by atoms with E-state index in [-0.39, 0.29) is 0 Å². The topological polar surface area (TPSA) is 42.7 Å². The predicted molar refractivity (Wildman–Crippen MR) is 79.6 cm³/mol. The molecule has 4 nitrogen and oxygen atoms in total. The molecule has 0 saturated carbocycles. The highest BCUT2D eigenvalue weighted by Gasteiger charge is 2.03. The number of rotatable bonds is 6. The number of aryl methyl sites for hydroxylation is 5. The van der Waals surface area contributed by atoms with E-state index < -0.39 is 0 Å². The average molecular weight is 278 g/mol. The summed E-state index contributed by atoms with van der Waals surface area (Å²) >= 11 is 1.78. The molecule has 104 valence electrons. The molecule has 0 aliphatic rings. The number of nitrogens with zero attached hydrogens (tertiary/aromatic N) is 3. The van der Waals surface area contributed by atoms with Crippen LogP contribution in [0.5, 0.6) is 0 Å². The van der Waals surface area contributed by atoms with E-state index in [2.05, 4.69) is 46.9 Å². The highest BCUT2D eigenvalue weighted by Crippen LogP contribution is 2.15. The van der Waals surface area contributed by atoms with E-state index >= 15 is 0 Å². The zero-order chi connectivity index (χ0) is 13.8. The summed E-state index contributed by atoms with van der Waals surface area (Å²) in [5.41, 5.74) is 3.49. The Balaban J connectivity index is 1.68. The fraction of sp³-hybridized carbons (Fsp3) is 0.571. The SMILES string of the molecule is Cc1cc(C)n(CCCNCc2nc(C)c(C)s2)n1. The standard InChI is InChI=1S/C14H22N4S/c1-10-8-11(2)18(17-10)7-5-6-15-9-14-16-12(3)13(4)19-14/h8,15H,5-7,9H2,1-4H3. The van der Waals surface area contributed by atoms with Crippen LogP contribution in [0.4, 0.5) is 0 Å². The number of aromatic nitrogens is 3. The van der Waals surface area contributed by atoms with Crippen molar-refractivity contribution in [3.8, 4) is 0 Å². The predicted octanol–water partition coefficient (Wildman–Crippen LogP) is 2.75. The molecule has 0 spiro atoms. The van der Waals surface area contributed by atoms with Crippen LogP contribution in [0.3, 0.4) is 0 Å². The maximum absolute atomic E-state index is 4.52. The van der Waals surface area contributed by atoms with Crippen molar-refractivity contribution in [2.24, 2.45) is 0 Å². The van der Waals surface area contributed by atoms with E-state index in [1.165, 1.54) is 15.6 Å². The summed E-state index contributed by atoms with van der Waals surface area (Å²) in [4.78, 5) is 5.84. The molecule has 0 amide bonds. The fourth-order valence-electron chi connectivity index (χ4n) is 2.07. The largest absolute Gasteiger partial charge is 0.310 e. The van der Waals surface area contributed by atoms with Crippen molar-refractivity contribution in [3.63, 3.8) is 0 Å². The van der Waals surface area contributed by atoms with Crippen LogP contribution in [0.15, 0.2) is 6.07 Å². The molecule has 2 rings (SSSR count). The Bertz CT molecular complexity index is 522. The van der Waals surface area contributed by atoms with Crippen LogP contribution in [0.25, 0.3) is 0 Å². The molecular weight excluding hydrogens is 256 g/mol. The second kappa shape index (κ2) is 6.30. The van der Waals surface area contributed by atoms with E-state index in [1.807, 2.05) is 6.92 Å². The van der Waals surface area contributed by atoms with Crippen molar-refractivity contribution in [2.45, 2.75) is 47.2 Å². The van der Waals surface area contributed by atoms with Crippen molar-refractivity contribution in [2.75, 3.05) is 6.54 Å². The van der Waals surface area contributed by atoms with Gasteiger partial charge in [0.2, 0.25) is 0 Å². The second-order valence-corrected chi connectivity index (χ2v) is 6.22. The van der Waals surface area contributed by atoms with Gasteiger partial charge >= 0.3 is 0 Å². The van der Waals surface area contributed by atoms with Gasteiger partial charge in [0.15, 0.2) is 0 Å². The first kappa shape index (κ1) is 14.2. The van der Waals surface area contributed by atoms with Gasteiger partial charge in [-0.2, -0.15) is 5.10 Å². The minimum atomic E-state index is 0.871. The lowest BCUT2D eigenvalue weighted by Gasteiger charge is -2.05. The molecule has 0 saturated heterocycles. The van der Waals surface area contributed by atoms with Gasteiger partial charge in [0.05, 0.1) is 11.4 Å². The highest BCUT2D eigenvalue weighted by atomic mass is 32.1. The zero-order valence-corrected chi connectivity index (χ0v) is 13.0. The Kier molecular flexibility index (Phi) is 4.71. The Morgan fingerprint density at radius 2 is 2.05 bits per heavy atom. The van der Waals surface area contributed by atoms with E-state index in [0.29, 0.717) is 0 Å². The van der Waals surface area contributed by atoms with Gasteiger partial charge in [-0.15, -0.1) is 11.3 Å². The first-order chi connectivity index (χ1) is 9.06. The van der Waals surface area contributed by atoms with E-state index in [0.717, 1.165) is 37.4 Å². The third-order valence-electron chi connectivity index (χ3n) is 3.18. The van der Waals surface area contributed by atoms with Gasteiger partial charge < -0.3 is 5.32 Å². The minimum Gasteiger partial charge on any atom is -0.310 e. The molecule has 0 aliphatic carbocycles. The van der Waals surface area contributed by atoms with Crippen molar-refractivity contribution < 1.29 is 0 Å². The summed E-state index contributed by atoms with van der Waals surface area (Å²) in [5, 5.41) is 9.09. The maximum Gasteiger partial charge on any atom is 0.107 e. The molecule has 2 heterocycles. The van der Waals surface area contributed by atoms with Crippen molar-refractivity contribution in [3.05, 3.63) is 33.0 Å². The highest BCUT2D eigenvalue weighted by molar-refractivity contribution is 7.11. The van der Waals surface area contributed by atoms with Crippen LogP contribution >= 0.6 is 11.3 Å². The zero-order valence-electron chi connectivity index (χ0n) is 12.2. The summed E-state index contributed by atoms with van der Waals surface area (Å²) < 4.78 is 2.08. The molecule has 2 aromatic rings. The lowest BCUT2D eigenvalue weighted by Crippen LogP contribution is -2.17. The van der Waals surface area contributed by atoms with Gasteiger partial charge in [0.25, 0.3) is 0 Å². The molecule has 0 aromatic carbocycles. The lowest BCUT2D eigenvalue weighted by molar-refractivity contribution is 0.531. The van der Waals surface area contributed by atoms with Gasteiger partial charge in [-0.05, 0) is 46.7 Å². The average Bonchev–Trinajstić information content (AvgIpc) is 2.82. The molecular formula is C14H22N4S. The molecule has 2 aromatic heterocycles. The quantitative estimate of drug-likeness (QED) is 0.826. The Morgan fingerprint density at radius 3 is 2.63 bits per heavy atom.